The molecule has 2 N–H and O–H groups in total. The van der Waals surface area contributed by atoms with Gasteiger partial charge in [-0.2, -0.15) is 0 Å². The summed E-state index contributed by atoms with van der Waals surface area (Å²) in [6, 6.07) is 0. The molecule has 0 amide bonds. The Morgan fingerprint density at radius 3 is 2.67 bits per heavy atom. The van der Waals surface area contributed by atoms with Crippen molar-refractivity contribution in [2.75, 3.05) is 5.73 Å². The molecule has 0 bridgehead atoms. The Hall–Kier alpha value is -1.32. The van der Waals surface area contributed by atoms with Gasteiger partial charge in [-0.15, -0.1) is 0 Å². The van der Waals surface area contributed by atoms with E-state index in [-0.39, 0.29) is 6.10 Å². The van der Waals surface area contributed by atoms with Crippen molar-refractivity contribution in [1.29, 1.82) is 0 Å². The summed E-state index contributed by atoms with van der Waals surface area (Å²) >= 11 is 0. The van der Waals surface area contributed by atoms with Gasteiger partial charge in [0.15, 0.2) is 0 Å². The van der Waals surface area contributed by atoms with Crippen molar-refractivity contribution >= 4 is 5.82 Å². The van der Waals surface area contributed by atoms with E-state index in [1.165, 1.54) is 6.33 Å². The van der Waals surface area contributed by atoms with E-state index < -0.39 is 0 Å². The van der Waals surface area contributed by atoms with Crippen LogP contribution in [0.15, 0.2) is 6.33 Å². The summed E-state index contributed by atoms with van der Waals surface area (Å²) in [5.74, 6) is 1.04. The molecule has 0 aliphatic heterocycles. The van der Waals surface area contributed by atoms with Gasteiger partial charge < -0.3 is 10.5 Å². The zero-order valence-electron chi connectivity index (χ0n) is 7.53. The van der Waals surface area contributed by atoms with E-state index in [0.717, 1.165) is 5.56 Å². The second-order valence-corrected chi connectivity index (χ2v) is 2.86. The third-order valence-corrected chi connectivity index (χ3v) is 1.42. The van der Waals surface area contributed by atoms with Gasteiger partial charge in [-0.3, -0.25) is 0 Å². The highest BCUT2D eigenvalue weighted by Gasteiger charge is 2.05. The number of hydrogen-bond donors (Lipinski definition) is 1. The predicted molar refractivity (Wildman–Crippen MR) is 46.9 cm³/mol. The van der Waals surface area contributed by atoms with Crippen LogP contribution in [0, 0.1) is 6.92 Å². The smallest absolute Gasteiger partial charge is 0.221 e. The van der Waals surface area contributed by atoms with Gasteiger partial charge in [0.2, 0.25) is 5.88 Å². The maximum atomic E-state index is 5.57. The lowest BCUT2D eigenvalue weighted by Gasteiger charge is -2.10. The zero-order valence-corrected chi connectivity index (χ0v) is 7.53. The Balaban J connectivity index is 2.92. The third kappa shape index (κ3) is 1.84. The molecule has 66 valence electrons. The number of aromatic nitrogens is 2. The lowest BCUT2D eigenvalue weighted by Crippen LogP contribution is -2.09. The average Bonchev–Trinajstić information content (AvgIpc) is 1.98. The van der Waals surface area contributed by atoms with Crippen molar-refractivity contribution in [1.82, 2.24) is 9.97 Å². The van der Waals surface area contributed by atoms with E-state index in [0.29, 0.717) is 11.7 Å². The van der Waals surface area contributed by atoms with Crippen LogP contribution in [0.2, 0.25) is 0 Å². The first kappa shape index (κ1) is 8.77. The Labute approximate surface area is 71.8 Å². The summed E-state index contributed by atoms with van der Waals surface area (Å²) in [4.78, 5) is 7.80. The van der Waals surface area contributed by atoms with Crippen LogP contribution in [0.5, 0.6) is 5.88 Å². The fourth-order valence-corrected chi connectivity index (χ4v) is 0.789. The molecule has 0 saturated carbocycles. The summed E-state index contributed by atoms with van der Waals surface area (Å²) in [5, 5.41) is 0. The molecule has 0 saturated heterocycles. The maximum Gasteiger partial charge on any atom is 0.221 e. The van der Waals surface area contributed by atoms with Crippen LogP contribution < -0.4 is 10.5 Å². The topological polar surface area (TPSA) is 61.0 Å². The molecule has 1 rings (SSSR count). The lowest BCUT2D eigenvalue weighted by molar-refractivity contribution is 0.230. The van der Waals surface area contributed by atoms with Crippen LogP contribution in [0.3, 0.4) is 0 Å². The summed E-state index contributed by atoms with van der Waals surface area (Å²) < 4.78 is 5.39. The van der Waals surface area contributed by atoms with E-state index in [4.69, 9.17) is 10.5 Å². The molecule has 1 aromatic heterocycles. The summed E-state index contributed by atoms with van der Waals surface area (Å²) in [5.41, 5.74) is 6.36. The van der Waals surface area contributed by atoms with Gasteiger partial charge in [0.1, 0.15) is 12.1 Å². The molecule has 0 unspecified atom stereocenters. The molecule has 0 fully saturated rings. The third-order valence-electron chi connectivity index (χ3n) is 1.42. The molecule has 1 heterocycles. The van der Waals surface area contributed by atoms with E-state index >= 15 is 0 Å². The van der Waals surface area contributed by atoms with Gasteiger partial charge in [0.05, 0.1) is 11.7 Å². The van der Waals surface area contributed by atoms with E-state index in [1.54, 1.807) is 0 Å². The molecule has 1 aromatic rings. The summed E-state index contributed by atoms with van der Waals surface area (Å²) in [6.45, 7) is 5.72. The van der Waals surface area contributed by atoms with Crippen LogP contribution in [0.1, 0.15) is 19.4 Å². The van der Waals surface area contributed by atoms with Crippen LogP contribution >= 0.6 is 0 Å². The quantitative estimate of drug-likeness (QED) is 0.717. The first-order valence-electron chi connectivity index (χ1n) is 3.85. The predicted octanol–water partition coefficient (Wildman–Crippen LogP) is 1.15. The second-order valence-electron chi connectivity index (χ2n) is 2.86. The Kier molecular flexibility index (Phi) is 2.47. The molecule has 0 atom stereocenters. The van der Waals surface area contributed by atoms with E-state index in [9.17, 15) is 0 Å². The van der Waals surface area contributed by atoms with E-state index in [2.05, 4.69) is 9.97 Å². The van der Waals surface area contributed by atoms with Crippen molar-refractivity contribution in [2.24, 2.45) is 0 Å². The molecule has 0 aromatic carbocycles. The number of nitrogens with zero attached hydrogens (tertiary/aromatic N) is 2. The van der Waals surface area contributed by atoms with Gasteiger partial charge in [-0.05, 0) is 20.8 Å². The number of nitrogens with two attached hydrogens (primary N) is 1. The van der Waals surface area contributed by atoms with Crippen molar-refractivity contribution < 1.29 is 4.74 Å². The molecule has 0 aliphatic carbocycles. The SMILES string of the molecule is Cc1c(N)ncnc1OC(C)C. The average molecular weight is 167 g/mol. The Morgan fingerprint density at radius 2 is 2.08 bits per heavy atom. The highest BCUT2D eigenvalue weighted by atomic mass is 16.5. The lowest BCUT2D eigenvalue weighted by atomic mass is 10.3. The first-order valence-corrected chi connectivity index (χ1v) is 3.85. The van der Waals surface area contributed by atoms with Crippen molar-refractivity contribution in [3.63, 3.8) is 0 Å². The van der Waals surface area contributed by atoms with Crippen molar-refractivity contribution in [3.8, 4) is 5.88 Å². The van der Waals surface area contributed by atoms with Gasteiger partial charge in [0.25, 0.3) is 0 Å². The molecule has 12 heavy (non-hydrogen) atoms. The number of nitrogen functional groups attached to an aromatic ring is 1. The molecule has 0 aliphatic rings. The van der Waals surface area contributed by atoms with Crippen LogP contribution in [0.25, 0.3) is 0 Å². The van der Waals surface area contributed by atoms with Gasteiger partial charge >= 0.3 is 0 Å². The number of hydrogen-bond acceptors (Lipinski definition) is 4. The van der Waals surface area contributed by atoms with Crippen molar-refractivity contribution in [3.05, 3.63) is 11.9 Å². The van der Waals surface area contributed by atoms with Gasteiger partial charge in [0, 0.05) is 0 Å². The monoisotopic (exact) mass is 167 g/mol. The highest BCUT2D eigenvalue weighted by Crippen LogP contribution is 2.18. The van der Waals surface area contributed by atoms with Gasteiger partial charge in [-0.1, -0.05) is 0 Å². The number of anilines is 1. The fraction of sp³-hybridized carbons (Fsp3) is 0.500. The van der Waals surface area contributed by atoms with E-state index in [1.807, 2.05) is 20.8 Å². The molecular formula is C8H13N3O. The normalized spacial score (nSPS) is 10.3. The fourth-order valence-electron chi connectivity index (χ4n) is 0.789. The number of rotatable bonds is 2. The van der Waals surface area contributed by atoms with Gasteiger partial charge in [-0.25, -0.2) is 9.97 Å². The Bertz CT molecular complexity index is 273. The number of ether oxygens (including phenoxy) is 1. The first-order chi connectivity index (χ1) is 5.61. The summed E-state index contributed by atoms with van der Waals surface area (Å²) in [6.07, 6.45) is 1.51. The molecule has 0 radical (unpaired) electrons. The largest absolute Gasteiger partial charge is 0.475 e. The van der Waals surface area contributed by atoms with Crippen molar-refractivity contribution in [2.45, 2.75) is 26.9 Å². The molecule has 4 nitrogen and oxygen atoms in total. The van der Waals surface area contributed by atoms with Crippen LogP contribution in [0.4, 0.5) is 5.82 Å². The minimum atomic E-state index is 0.109. The Morgan fingerprint density at radius 1 is 1.42 bits per heavy atom. The summed E-state index contributed by atoms with van der Waals surface area (Å²) in [7, 11) is 0. The minimum absolute atomic E-state index is 0.109. The van der Waals surface area contributed by atoms with Crippen LogP contribution in [-0.4, -0.2) is 16.1 Å². The highest BCUT2D eigenvalue weighted by molar-refractivity contribution is 5.43. The zero-order chi connectivity index (χ0) is 9.14. The molecule has 0 spiro atoms. The molecule has 4 heteroatoms. The standard InChI is InChI=1S/C8H13N3O/c1-5(2)12-8-6(3)7(9)10-4-11-8/h4-5H,1-3H3,(H2,9,10,11). The second kappa shape index (κ2) is 3.38. The minimum Gasteiger partial charge on any atom is -0.475 e. The van der Waals surface area contributed by atoms with Crippen LogP contribution in [-0.2, 0) is 0 Å². The molecular weight excluding hydrogens is 154 g/mol. The maximum absolute atomic E-state index is 5.57.